The van der Waals surface area contributed by atoms with Crippen molar-refractivity contribution >= 4 is 11.8 Å². The van der Waals surface area contributed by atoms with Crippen LogP contribution < -0.4 is 5.73 Å². The van der Waals surface area contributed by atoms with E-state index in [1.807, 2.05) is 7.05 Å². The lowest BCUT2D eigenvalue weighted by Crippen LogP contribution is -2.37. The monoisotopic (exact) mass is 416 g/mol. The van der Waals surface area contributed by atoms with Crippen molar-refractivity contribution in [3.8, 4) is 34.6 Å². The number of aromatic nitrogens is 4. The summed E-state index contributed by atoms with van der Waals surface area (Å²) < 4.78 is 1.77. The van der Waals surface area contributed by atoms with Crippen LogP contribution in [-0.4, -0.2) is 60.5 Å². The summed E-state index contributed by atoms with van der Waals surface area (Å²) in [6, 6.07) is 8.54. The van der Waals surface area contributed by atoms with Crippen LogP contribution in [0.2, 0.25) is 0 Å². The highest BCUT2D eigenvalue weighted by molar-refractivity contribution is 5.92. The summed E-state index contributed by atoms with van der Waals surface area (Å²) >= 11 is 0. The molecule has 1 atom stereocenters. The van der Waals surface area contributed by atoms with Gasteiger partial charge in [0, 0.05) is 38.2 Å². The number of likely N-dealkylation sites (N-methyl/N-ethyl adjacent to an activating group) is 1. The van der Waals surface area contributed by atoms with Gasteiger partial charge in [-0.2, -0.15) is 0 Å². The molecule has 3 N–H and O–H groups in total. The Kier molecular flexibility index (Phi) is 5.01. The Bertz CT molecular complexity index is 1260. The van der Waals surface area contributed by atoms with Gasteiger partial charge in [-0.05, 0) is 18.2 Å². The Morgan fingerprint density at radius 1 is 1.26 bits per heavy atom. The second-order valence-electron chi connectivity index (χ2n) is 7.38. The summed E-state index contributed by atoms with van der Waals surface area (Å²) in [6.07, 6.45) is 3.52. The second-order valence-corrected chi connectivity index (χ2v) is 7.38. The zero-order chi connectivity index (χ0) is 22.2. The van der Waals surface area contributed by atoms with Crippen molar-refractivity contribution in [2.24, 2.45) is 12.8 Å². The Morgan fingerprint density at radius 3 is 2.71 bits per heavy atom. The average Bonchev–Trinajstić information content (AvgIpc) is 3.31. The van der Waals surface area contributed by atoms with E-state index >= 15 is 0 Å². The van der Waals surface area contributed by atoms with E-state index in [-0.39, 0.29) is 12.1 Å². The van der Waals surface area contributed by atoms with E-state index in [4.69, 9.17) is 5.73 Å². The minimum Gasteiger partial charge on any atom is -0.369 e. The molecule has 1 saturated heterocycles. The summed E-state index contributed by atoms with van der Waals surface area (Å²) in [5.41, 5.74) is 6.25. The molecule has 0 aliphatic carbocycles. The van der Waals surface area contributed by atoms with Gasteiger partial charge in [0.25, 0.3) is 11.8 Å². The van der Waals surface area contributed by atoms with Gasteiger partial charge < -0.3 is 20.3 Å². The highest BCUT2D eigenvalue weighted by atomic mass is 16.3. The zero-order valence-electron chi connectivity index (χ0n) is 17.0. The lowest BCUT2D eigenvalue weighted by atomic mass is 10.0. The molecule has 9 nitrogen and oxygen atoms in total. The molecule has 4 rings (SSSR count). The molecule has 0 spiro atoms. The van der Waals surface area contributed by atoms with E-state index in [1.54, 1.807) is 48.4 Å². The van der Waals surface area contributed by atoms with Crippen LogP contribution in [0.5, 0.6) is 0 Å². The largest absolute Gasteiger partial charge is 0.369 e. The standard InChI is InChI=1S/C22H20N6O3/c1-27-9-8-22(31,21(27)30)7-6-14-4-3-5-15(10-14)20-25-16(11-17(26-20)19(23)29)18-12-24-13-28(18)2/h3-5,10-13,31H,8-9H2,1-2H3,(H2,23,29)/t22-/m0/s1. The minimum absolute atomic E-state index is 0.0755. The number of amides is 2. The van der Waals surface area contributed by atoms with Gasteiger partial charge in [-0.25, -0.2) is 15.0 Å². The molecule has 9 heteroatoms. The van der Waals surface area contributed by atoms with Crippen LogP contribution in [-0.2, 0) is 11.8 Å². The summed E-state index contributed by atoms with van der Waals surface area (Å²) in [4.78, 5) is 38.3. The topological polar surface area (TPSA) is 127 Å². The Balaban J connectivity index is 1.74. The van der Waals surface area contributed by atoms with Crippen LogP contribution in [0, 0.1) is 11.8 Å². The number of imidazole rings is 1. The van der Waals surface area contributed by atoms with E-state index in [9.17, 15) is 14.7 Å². The van der Waals surface area contributed by atoms with Gasteiger partial charge in [0.1, 0.15) is 5.69 Å². The lowest BCUT2D eigenvalue weighted by Gasteiger charge is -2.13. The Labute approximate surface area is 178 Å². The number of carbonyl (C=O) groups excluding carboxylic acids is 2. The molecule has 3 heterocycles. The SMILES string of the molecule is CN1CC[C@@](O)(C#Cc2cccc(-c3nc(C(N)=O)cc(-c4cncn4C)n3)c2)C1=O. The molecule has 3 aromatic rings. The van der Waals surface area contributed by atoms with Gasteiger partial charge in [-0.1, -0.05) is 24.0 Å². The molecule has 0 bridgehead atoms. The summed E-state index contributed by atoms with van der Waals surface area (Å²) in [7, 11) is 3.45. The minimum atomic E-state index is -1.68. The van der Waals surface area contributed by atoms with Crippen molar-refractivity contribution in [1.82, 2.24) is 24.4 Å². The van der Waals surface area contributed by atoms with E-state index in [0.29, 0.717) is 34.9 Å². The van der Waals surface area contributed by atoms with Gasteiger partial charge in [0.2, 0.25) is 5.60 Å². The molecule has 1 aliphatic heterocycles. The van der Waals surface area contributed by atoms with Gasteiger partial charge in [0.05, 0.1) is 23.9 Å². The first-order valence-corrected chi connectivity index (χ1v) is 9.54. The highest BCUT2D eigenvalue weighted by Gasteiger charge is 2.42. The fourth-order valence-electron chi connectivity index (χ4n) is 3.32. The number of primary amides is 1. The van der Waals surface area contributed by atoms with E-state index in [1.165, 1.54) is 11.0 Å². The van der Waals surface area contributed by atoms with Crippen molar-refractivity contribution in [2.75, 3.05) is 13.6 Å². The fraction of sp³-hybridized carbons (Fsp3) is 0.227. The molecule has 2 aromatic heterocycles. The predicted octanol–water partition coefficient (Wildman–Crippen LogP) is 0.588. The van der Waals surface area contributed by atoms with Crippen LogP contribution in [0.25, 0.3) is 22.8 Å². The number of nitrogens with zero attached hydrogens (tertiary/aromatic N) is 5. The average molecular weight is 416 g/mol. The molecule has 0 saturated carbocycles. The van der Waals surface area contributed by atoms with Gasteiger partial charge in [-0.15, -0.1) is 0 Å². The molecule has 1 fully saturated rings. The number of hydrogen-bond donors (Lipinski definition) is 2. The first-order valence-electron chi connectivity index (χ1n) is 9.54. The number of aryl methyl sites for hydroxylation is 1. The van der Waals surface area contributed by atoms with Crippen molar-refractivity contribution < 1.29 is 14.7 Å². The van der Waals surface area contributed by atoms with Crippen LogP contribution in [0.4, 0.5) is 0 Å². The lowest BCUT2D eigenvalue weighted by molar-refractivity contribution is -0.137. The summed E-state index contributed by atoms with van der Waals surface area (Å²) in [6.45, 7) is 0.453. The number of likely N-dealkylation sites (tertiary alicyclic amines) is 1. The number of benzene rings is 1. The quantitative estimate of drug-likeness (QED) is 0.602. The number of rotatable bonds is 3. The number of hydrogen-bond acceptors (Lipinski definition) is 6. The van der Waals surface area contributed by atoms with Crippen LogP contribution in [0.1, 0.15) is 22.5 Å². The third-order valence-corrected chi connectivity index (χ3v) is 5.10. The van der Waals surface area contributed by atoms with Crippen molar-refractivity contribution in [1.29, 1.82) is 0 Å². The van der Waals surface area contributed by atoms with Crippen molar-refractivity contribution in [3.63, 3.8) is 0 Å². The third-order valence-electron chi connectivity index (χ3n) is 5.10. The molecule has 1 aromatic carbocycles. The molecule has 2 amide bonds. The van der Waals surface area contributed by atoms with E-state index in [0.717, 1.165) is 0 Å². The molecular formula is C22H20N6O3. The highest BCUT2D eigenvalue weighted by Crippen LogP contribution is 2.24. The van der Waals surface area contributed by atoms with E-state index in [2.05, 4.69) is 26.8 Å². The maximum atomic E-state index is 12.1. The Hall–Kier alpha value is -4.03. The summed E-state index contributed by atoms with van der Waals surface area (Å²) in [5, 5.41) is 10.5. The molecular weight excluding hydrogens is 396 g/mol. The maximum absolute atomic E-state index is 12.1. The number of aliphatic hydroxyl groups is 1. The molecule has 31 heavy (non-hydrogen) atoms. The first kappa shape index (κ1) is 20.3. The third kappa shape index (κ3) is 3.89. The van der Waals surface area contributed by atoms with E-state index < -0.39 is 17.4 Å². The number of nitrogens with two attached hydrogens (primary N) is 1. The van der Waals surface area contributed by atoms with Crippen LogP contribution in [0.3, 0.4) is 0 Å². The number of carbonyl (C=O) groups is 2. The zero-order valence-corrected chi connectivity index (χ0v) is 17.0. The van der Waals surface area contributed by atoms with Gasteiger partial charge in [0.15, 0.2) is 5.82 Å². The normalized spacial score (nSPS) is 18.0. The fourth-order valence-corrected chi connectivity index (χ4v) is 3.32. The predicted molar refractivity (Wildman–Crippen MR) is 112 cm³/mol. The van der Waals surface area contributed by atoms with Crippen LogP contribution in [0.15, 0.2) is 42.9 Å². The summed E-state index contributed by atoms with van der Waals surface area (Å²) in [5.74, 6) is 4.78. The first-order chi connectivity index (χ1) is 14.8. The van der Waals surface area contributed by atoms with Crippen molar-refractivity contribution in [3.05, 3.63) is 54.1 Å². The van der Waals surface area contributed by atoms with Gasteiger partial charge in [-0.3, -0.25) is 9.59 Å². The Morgan fingerprint density at radius 2 is 2.06 bits per heavy atom. The second kappa shape index (κ2) is 7.66. The smallest absolute Gasteiger partial charge is 0.267 e. The van der Waals surface area contributed by atoms with Crippen molar-refractivity contribution in [2.45, 2.75) is 12.0 Å². The van der Waals surface area contributed by atoms with Gasteiger partial charge >= 0.3 is 0 Å². The van der Waals surface area contributed by atoms with Crippen LogP contribution >= 0.6 is 0 Å². The maximum Gasteiger partial charge on any atom is 0.267 e. The molecule has 0 radical (unpaired) electrons. The molecule has 0 unspecified atom stereocenters. The molecule has 1 aliphatic rings. The molecule has 156 valence electrons.